The van der Waals surface area contributed by atoms with Crippen molar-refractivity contribution in [3.63, 3.8) is 0 Å². The van der Waals surface area contributed by atoms with E-state index in [0.717, 1.165) is 11.8 Å². The van der Waals surface area contributed by atoms with Gasteiger partial charge in [0.2, 0.25) is 23.3 Å². The number of Topliss-reactive ketones (excluding diaryl/α,β-unsaturated/α-hetero) is 1. The summed E-state index contributed by atoms with van der Waals surface area (Å²) in [5.41, 5.74) is 6.55. The number of alkyl halides is 3. The Bertz CT molecular complexity index is 1070. The van der Waals surface area contributed by atoms with Crippen molar-refractivity contribution >= 4 is 46.4 Å². The number of aromatic nitrogens is 1. The van der Waals surface area contributed by atoms with Crippen LogP contribution >= 0.6 is 23.8 Å². The first-order chi connectivity index (χ1) is 15.3. The second-order valence-electron chi connectivity index (χ2n) is 7.15. The predicted molar refractivity (Wildman–Crippen MR) is 118 cm³/mol. The number of aryl methyl sites for hydroxylation is 1. The SMILES string of the molecule is Cc1ccc(Cl)c(-c2ncc(C(=O)N[C@@H](C)C(=O)N[C@@H](CCC(F)(F)F)C(=O)C(N)=S)o2)c1. The van der Waals surface area contributed by atoms with Gasteiger partial charge in [-0.2, -0.15) is 13.2 Å². The minimum atomic E-state index is -4.55. The van der Waals surface area contributed by atoms with Gasteiger partial charge < -0.3 is 20.8 Å². The number of halogens is 4. The number of nitrogens with one attached hydrogen (secondary N) is 2. The summed E-state index contributed by atoms with van der Waals surface area (Å²) in [7, 11) is 0. The molecule has 0 radical (unpaired) electrons. The van der Waals surface area contributed by atoms with E-state index >= 15 is 0 Å². The highest BCUT2D eigenvalue weighted by atomic mass is 35.5. The Morgan fingerprint density at radius 1 is 1.27 bits per heavy atom. The fourth-order valence-electron chi connectivity index (χ4n) is 2.69. The molecule has 2 amide bonds. The molecule has 1 aromatic carbocycles. The first-order valence-corrected chi connectivity index (χ1v) is 10.3. The van der Waals surface area contributed by atoms with Crippen molar-refractivity contribution in [3.8, 4) is 11.5 Å². The lowest BCUT2D eigenvalue weighted by Crippen LogP contribution is -2.52. The number of oxazole rings is 1. The van der Waals surface area contributed by atoms with E-state index in [9.17, 15) is 27.6 Å². The number of ketones is 1. The molecule has 0 unspecified atom stereocenters. The van der Waals surface area contributed by atoms with Crippen LogP contribution in [0.2, 0.25) is 5.02 Å². The Morgan fingerprint density at radius 3 is 2.55 bits per heavy atom. The number of hydrogen-bond acceptors (Lipinski definition) is 6. The Morgan fingerprint density at radius 2 is 1.94 bits per heavy atom. The molecule has 0 aliphatic rings. The van der Waals surface area contributed by atoms with E-state index in [0.29, 0.717) is 10.6 Å². The van der Waals surface area contributed by atoms with Crippen LogP contribution in [0.3, 0.4) is 0 Å². The molecule has 0 fully saturated rings. The molecule has 0 spiro atoms. The molecule has 178 valence electrons. The molecular weight excluding hydrogens is 485 g/mol. The van der Waals surface area contributed by atoms with Crippen LogP contribution in [0.1, 0.15) is 35.9 Å². The molecule has 33 heavy (non-hydrogen) atoms. The number of nitrogens with two attached hydrogens (primary N) is 1. The van der Waals surface area contributed by atoms with Crippen molar-refractivity contribution in [3.05, 3.63) is 40.7 Å². The van der Waals surface area contributed by atoms with Crippen molar-refractivity contribution in [2.24, 2.45) is 5.73 Å². The summed E-state index contributed by atoms with van der Waals surface area (Å²) >= 11 is 10.6. The number of rotatable bonds is 9. The van der Waals surface area contributed by atoms with Crippen LogP contribution in [0, 0.1) is 6.92 Å². The third-order valence-corrected chi connectivity index (χ3v) is 4.95. The molecule has 13 heteroatoms. The van der Waals surface area contributed by atoms with Gasteiger partial charge in [-0.1, -0.05) is 35.4 Å². The second kappa shape index (κ2) is 10.8. The molecule has 2 aromatic rings. The molecule has 2 rings (SSSR count). The van der Waals surface area contributed by atoms with Gasteiger partial charge in [0.15, 0.2) is 0 Å². The third-order valence-electron chi connectivity index (χ3n) is 4.41. The third kappa shape index (κ3) is 7.53. The number of nitrogens with zero attached hydrogens (tertiary/aromatic N) is 1. The van der Waals surface area contributed by atoms with Crippen LogP contribution in [0.4, 0.5) is 13.2 Å². The van der Waals surface area contributed by atoms with Gasteiger partial charge in [0, 0.05) is 6.42 Å². The van der Waals surface area contributed by atoms with Gasteiger partial charge >= 0.3 is 6.18 Å². The maximum Gasteiger partial charge on any atom is 0.389 e. The molecule has 0 saturated carbocycles. The number of carbonyl (C=O) groups excluding carboxylic acids is 3. The maximum atomic E-state index is 12.5. The number of carbonyl (C=O) groups is 3. The van der Waals surface area contributed by atoms with E-state index in [-0.39, 0.29) is 11.7 Å². The van der Waals surface area contributed by atoms with E-state index in [1.165, 1.54) is 6.92 Å². The highest BCUT2D eigenvalue weighted by Crippen LogP contribution is 2.28. The zero-order valence-electron chi connectivity index (χ0n) is 17.5. The monoisotopic (exact) mass is 504 g/mol. The van der Waals surface area contributed by atoms with Gasteiger partial charge in [-0.15, -0.1) is 0 Å². The van der Waals surface area contributed by atoms with Crippen molar-refractivity contribution in [2.75, 3.05) is 0 Å². The van der Waals surface area contributed by atoms with Crippen LogP contribution in [-0.4, -0.2) is 45.8 Å². The molecule has 1 aromatic heterocycles. The zero-order chi connectivity index (χ0) is 24.9. The summed E-state index contributed by atoms with van der Waals surface area (Å²) in [6.45, 7) is 3.11. The predicted octanol–water partition coefficient (Wildman–Crippen LogP) is 3.10. The van der Waals surface area contributed by atoms with Gasteiger partial charge in [0.1, 0.15) is 11.0 Å². The normalized spacial score (nSPS) is 13.2. The zero-order valence-corrected chi connectivity index (χ0v) is 19.0. The van der Waals surface area contributed by atoms with Gasteiger partial charge in [0.25, 0.3) is 5.91 Å². The quantitative estimate of drug-likeness (QED) is 0.448. The van der Waals surface area contributed by atoms with Gasteiger partial charge in [-0.05, 0) is 32.4 Å². The summed E-state index contributed by atoms with van der Waals surface area (Å²) in [6.07, 6.45) is -5.51. The van der Waals surface area contributed by atoms with Crippen LogP contribution in [0.5, 0.6) is 0 Å². The van der Waals surface area contributed by atoms with E-state index in [2.05, 4.69) is 27.8 Å². The fourth-order valence-corrected chi connectivity index (χ4v) is 3.03. The van der Waals surface area contributed by atoms with Crippen molar-refractivity contribution in [1.29, 1.82) is 0 Å². The minimum absolute atomic E-state index is 0.0835. The number of hydrogen-bond donors (Lipinski definition) is 3. The van der Waals surface area contributed by atoms with Crippen LogP contribution in [-0.2, 0) is 9.59 Å². The Kier molecular flexibility index (Phi) is 8.56. The van der Waals surface area contributed by atoms with Crippen molar-refractivity contribution in [1.82, 2.24) is 15.6 Å². The lowest BCUT2D eigenvalue weighted by Gasteiger charge is -2.20. The lowest BCUT2D eigenvalue weighted by atomic mass is 10.1. The molecule has 0 saturated heterocycles. The van der Waals surface area contributed by atoms with Crippen LogP contribution < -0.4 is 16.4 Å². The Hall–Kier alpha value is -2.99. The highest BCUT2D eigenvalue weighted by Gasteiger charge is 2.33. The average molecular weight is 505 g/mol. The van der Waals surface area contributed by atoms with E-state index in [1.807, 2.05) is 6.92 Å². The van der Waals surface area contributed by atoms with Crippen molar-refractivity contribution < 1.29 is 32.0 Å². The summed E-state index contributed by atoms with van der Waals surface area (Å²) in [6, 6.07) is 2.32. The van der Waals surface area contributed by atoms with Gasteiger partial charge in [0.05, 0.1) is 22.8 Å². The van der Waals surface area contributed by atoms with E-state index in [4.69, 9.17) is 21.8 Å². The molecule has 1 heterocycles. The molecule has 8 nitrogen and oxygen atoms in total. The summed E-state index contributed by atoms with van der Waals surface area (Å²) in [4.78, 5) is 40.1. The summed E-state index contributed by atoms with van der Waals surface area (Å²) < 4.78 is 43.0. The van der Waals surface area contributed by atoms with Crippen LogP contribution in [0.25, 0.3) is 11.5 Å². The topological polar surface area (TPSA) is 127 Å². The highest BCUT2D eigenvalue weighted by molar-refractivity contribution is 7.82. The van der Waals surface area contributed by atoms with Gasteiger partial charge in [-0.3, -0.25) is 14.4 Å². The van der Waals surface area contributed by atoms with E-state index in [1.54, 1.807) is 18.2 Å². The molecular formula is C20H20ClF3N4O4S. The molecule has 2 atom stereocenters. The standard InChI is InChI=1S/C20H20ClF3N4O4S/c1-9-3-4-12(21)11(7-9)19-26-8-14(32-19)18(31)27-10(2)17(30)28-13(15(29)16(25)33)5-6-20(22,23)24/h3-4,7-8,10,13H,5-6H2,1-2H3,(H2,25,33)(H,27,31)(H,28,30)/t10-,13-/m0/s1. The molecule has 4 N–H and O–H groups in total. The number of benzene rings is 1. The van der Waals surface area contributed by atoms with Crippen LogP contribution in [0.15, 0.2) is 28.8 Å². The molecule has 0 aliphatic heterocycles. The Labute approximate surface area is 197 Å². The second-order valence-corrected chi connectivity index (χ2v) is 8.00. The largest absolute Gasteiger partial charge is 0.431 e. The summed E-state index contributed by atoms with van der Waals surface area (Å²) in [5.74, 6) is -2.89. The molecule has 0 bridgehead atoms. The summed E-state index contributed by atoms with van der Waals surface area (Å²) in [5, 5.41) is 4.81. The van der Waals surface area contributed by atoms with Crippen molar-refractivity contribution in [2.45, 2.75) is 44.9 Å². The number of amides is 2. The number of thiocarbonyl (C=S) groups is 1. The van der Waals surface area contributed by atoms with E-state index < -0.39 is 53.7 Å². The average Bonchev–Trinajstić information content (AvgIpc) is 3.21. The lowest BCUT2D eigenvalue weighted by molar-refractivity contribution is -0.139. The smallest absolute Gasteiger partial charge is 0.389 e. The first kappa shape index (κ1) is 26.3. The fraction of sp³-hybridized carbons (Fsp3) is 0.350. The first-order valence-electron chi connectivity index (χ1n) is 9.52. The van der Waals surface area contributed by atoms with Gasteiger partial charge in [-0.25, -0.2) is 4.98 Å². The molecule has 0 aliphatic carbocycles. The minimum Gasteiger partial charge on any atom is -0.431 e. The Balaban J connectivity index is 2.06. The maximum absolute atomic E-state index is 12.5.